The summed E-state index contributed by atoms with van der Waals surface area (Å²) < 4.78 is 1.09. The Morgan fingerprint density at radius 2 is 2.17 bits per heavy atom. The number of thiophene rings is 1. The Morgan fingerprint density at radius 1 is 1.39 bits per heavy atom. The minimum Gasteiger partial charge on any atom is -0.294 e. The van der Waals surface area contributed by atoms with Crippen molar-refractivity contribution in [1.82, 2.24) is 4.98 Å². The Kier molecular flexibility index (Phi) is 4.12. The predicted molar refractivity (Wildman–Crippen MR) is 77.2 cm³/mol. The maximum Gasteiger partial charge on any atom is 0.164 e. The summed E-state index contributed by atoms with van der Waals surface area (Å²) in [6.45, 7) is 6.54. The van der Waals surface area contributed by atoms with Gasteiger partial charge in [-0.25, -0.2) is 0 Å². The fraction of sp³-hybridized carbons (Fsp3) is 0.467. The molecule has 0 bridgehead atoms. The van der Waals surface area contributed by atoms with E-state index in [1.807, 2.05) is 17.5 Å². The van der Waals surface area contributed by atoms with Crippen LogP contribution in [0, 0.1) is 11.8 Å². The largest absolute Gasteiger partial charge is 0.294 e. The highest BCUT2D eigenvalue weighted by Gasteiger charge is 2.13. The first-order valence-corrected chi connectivity index (χ1v) is 7.30. The fourth-order valence-corrected chi connectivity index (χ4v) is 3.10. The smallest absolute Gasteiger partial charge is 0.164 e. The summed E-state index contributed by atoms with van der Waals surface area (Å²) in [4.78, 5) is 16.5. The van der Waals surface area contributed by atoms with E-state index in [-0.39, 0.29) is 5.78 Å². The molecule has 0 aliphatic rings. The molecule has 0 aromatic carbocycles. The van der Waals surface area contributed by atoms with E-state index >= 15 is 0 Å². The Bertz CT molecular complexity index is 544. The van der Waals surface area contributed by atoms with Crippen LogP contribution in [0.2, 0.25) is 0 Å². The van der Waals surface area contributed by atoms with Gasteiger partial charge in [-0.3, -0.25) is 9.78 Å². The van der Waals surface area contributed by atoms with Crippen LogP contribution in [0.5, 0.6) is 0 Å². The molecule has 0 spiro atoms. The lowest BCUT2D eigenvalue weighted by molar-refractivity contribution is 0.0960. The molecule has 2 heterocycles. The van der Waals surface area contributed by atoms with Crippen molar-refractivity contribution < 1.29 is 4.79 Å². The number of pyridine rings is 1. The van der Waals surface area contributed by atoms with Crippen LogP contribution >= 0.6 is 11.3 Å². The van der Waals surface area contributed by atoms with Crippen molar-refractivity contribution in [2.45, 2.75) is 33.6 Å². The van der Waals surface area contributed by atoms with Crippen molar-refractivity contribution >= 4 is 27.3 Å². The van der Waals surface area contributed by atoms with E-state index in [1.165, 1.54) is 0 Å². The maximum absolute atomic E-state index is 12.2. The number of hydrogen-bond acceptors (Lipinski definition) is 3. The maximum atomic E-state index is 12.2. The normalized spacial score (nSPS) is 13.1. The summed E-state index contributed by atoms with van der Waals surface area (Å²) >= 11 is 1.63. The fourth-order valence-electron chi connectivity index (χ4n) is 2.32. The standard InChI is InChI=1S/C15H19NOS/c1-10(2)6-11(3)7-14(17)12-8-15-13(16-9-12)4-5-18-15/h4-5,8-11H,6-7H2,1-3H3. The van der Waals surface area contributed by atoms with Crippen LogP contribution in [0.3, 0.4) is 0 Å². The molecule has 0 N–H and O–H groups in total. The van der Waals surface area contributed by atoms with Gasteiger partial charge in [0.2, 0.25) is 0 Å². The van der Waals surface area contributed by atoms with Crippen LogP contribution in [-0.2, 0) is 0 Å². The summed E-state index contributed by atoms with van der Waals surface area (Å²) in [7, 11) is 0. The molecule has 0 saturated carbocycles. The SMILES string of the molecule is CC(C)CC(C)CC(=O)c1cnc2ccsc2c1. The molecule has 1 unspecified atom stereocenters. The molecule has 2 nitrogen and oxygen atoms in total. The third-order valence-electron chi connectivity index (χ3n) is 3.03. The minimum absolute atomic E-state index is 0.214. The highest BCUT2D eigenvalue weighted by molar-refractivity contribution is 7.17. The van der Waals surface area contributed by atoms with Crippen LogP contribution in [0.25, 0.3) is 10.2 Å². The van der Waals surface area contributed by atoms with Gasteiger partial charge in [-0.15, -0.1) is 11.3 Å². The number of fused-ring (bicyclic) bond motifs is 1. The lowest BCUT2D eigenvalue weighted by atomic mass is 9.92. The number of carbonyl (C=O) groups is 1. The van der Waals surface area contributed by atoms with Crippen molar-refractivity contribution in [3.63, 3.8) is 0 Å². The molecule has 18 heavy (non-hydrogen) atoms. The molecule has 0 amide bonds. The van der Waals surface area contributed by atoms with E-state index < -0.39 is 0 Å². The molecular formula is C15H19NOS. The van der Waals surface area contributed by atoms with Crippen molar-refractivity contribution in [1.29, 1.82) is 0 Å². The molecule has 96 valence electrons. The summed E-state index contributed by atoms with van der Waals surface area (Å²) in [6.07, 6.45) is 3.43. The highest BCUT2D eigenvalue weighted by Crippen LogP contribution is 2.22. The van der Waals surface area contributed by atoms with Crippen molar-refractivity contribution in [3.05, 3.63) is 29.3 Å². The predicted octanol–water partition coefficient (Wildman–Crippen LogP) is 4.55. The van der Waals surface area contributed by atoms with Gasteiger partial charge >= 0.3 is 0 Å². The van der Waals surface area contributed by atoms with E-state index in [2.05, 4.69) is 25.8 Å². The molecule has 3 heteroatoms. The second-order valence-corrected chi connectivity index (χ2v) is 6.34. The monoisotopic (exact) mass is 261 g/mol. The number of aromatic nitrogens is 1. The van der Waals surface area contributed by atoms with Crippen LogP contribution in [-0.4, -0.2) is 10.8 Å². The zero-order chi connectivity index (χ0) is 13.1. The number of carbonyl (C=O) groups excluding carboxylic acids is 1. The Balaban J connectivity index is 2.08. The van der Waals surface area contributed by atoms with E-state index in [0.29, 0.717) is 18.3 Å². The van der Waals surface area contributed by atoms with Gasteiger partial charge < -0.3 is 0 Å². The zero-order valence-electron chi connectivity index (χ0n) is 11.1. The summed E-state index contributed by atoms with van der Waals surface area (Å²) in [5, 5.41) is 2.01. The van der Waals surface area contributed by atoms with Gasteiger partial charge in [0, 0.05) is 18.2 Å². The lowest BCUT2D eigenvalue weighted by Crippen LogP contribution is -2.08. The highest BCUT2D eigenvalue weighted by atomic mass is 32.1. The summed E-state index contributed by atoms with van der Waals surface area (Å²) in [5.41, 5.74) is 1.73. The lowest BCUT2D eigenvalue weighted by Gasteiger charge is -2.12. The van der Waals surface area contributed by atoms with Crippen LogP contribution in [0.1, 0.15) is 44.0 Å². The minimum atomic E-state index is 0.214. The number of hydrogen-bond donors (Lipinski definition) is 0. The number of rotatable bonds is 5. The first-order valence-electron chi connectivity index (χ1n) is 6.42. The molecule has 0 radical (unpaired) electrons. The summed E-state index contributed by atoms with van der Waals surface area (Å²) in [5.74, 6) is 1.30. The summed E-state index contributed by atoms with van der Waals surface area (Å²) in [6, 6.07) is 3.95. The topological polar surface area (TPSA) is 30.0 Å². The van der Waals surface area contributed by atoms with Gasteiger partial charge in [-0.05, 0) is 35.8 Å². The Hall–Kier alpha value is -1.22. The van der Waals surface area contributed by atoms with E-state index in [9.17, 15) is 4.79 Å². The number of ketones is 1. The van der Waals surface area contributed by atoms with E-state index in [4.69, 9.17) is 0 Å². The number of nitrogens with zero attached hydrogens (tertiary/aromatic N) is 1. The van der Waals surface area contributed by atoms with Crippen molar-refractivity contribution in [2.24, 2.45) is 11.8 Å². The molecule has 1 atom stereocenters. The van der Waals surface area contributed by atoms with Gasteiger partial charge in [-0.2, -0.15) is 0 Å². The van der Waals surface area contributed by atoms with Gasteiger partial charge in [0.05, 0.1) is 10.2 Å². The van der Waals surface area contributed by atoms with E-state index in [1.54, 1.807) is 17.5 Å². The zero-order valence-corrected chi connectivity index (χ0v) is 12.0. The molecule has 0 fully saturated rings. The average Bonchev–Trinajstić information content (AvgIpc) is 2.74. The second-order valence-electron chi connectivity index (χ2n) is 5.39. The van der Waals surface area contributed by atoms with Crippen molar-refractivity contribution in [2.75, 3.05) is 0 Å². The quantitative estimate of drug-likeness (QED) is 0.739. The molecular weight excluding hydrogens is 242 g/mol. The third kappa shape index (κ3) is 3.16. The third-order valence-corrected chi connectivity index (χ3v) is 3.89. The molecule has 2 aromatic heterocycles. The first kappa shape index (κ1) is 13.2. The van der Waals surface area contributed by atoms with Gasteiger partial charge in [0.25, 0.3) is 0 Å². The van der Waals surface area contributed by atoms with Gasteiger partial charge in [0.1, 0.15) is 0 Å². The molecule has 0 saturated heterocycles. The molecule has 2 aromatic rings. The van der Waals surface area contributed by atoms with Gasteiger partial charge in [0.15, 0.2) is 5.78 Å². The van der Waals surface area contributed by atoms with E-state index in [0.717, 1.165) is 22.2 Å². The van der Waals surface area contributed by atoms with Crippen LogP contribution < -0.4 is 0 Å². The average molecular weight is 261 g/mol. The first-order chi connectivity index (χ1) is 8.56. The molecule has 2 rings (SSSR count). The van der Waals surface area contributed by atoms with Gasteiger partial charge in [-0.1, -0.05) is 20.8 Å². The number of Topliss-reactive ketones (excluding diaryl/α,β-unsaturated/α-hetero) is 1. The molecule has 0 aliphatic heterocycles. The second kappa shape index (κ2) is 5.61. The Labute approximate surface area is 112 Å². The van der Waals surface area contributed by atoms with Crippen molar-refractivity contribution in [3.8, 4) is 0 Å². The van der Waals surface area contributed by atoms with Crippen LogP contribution in [0.15, 0.2) is 23.7 Å². The van der Waals surface area contributed by atoms with Crippen LogP contribution in [0.4, 0.5) is 0 Å². The Morgan fingerprint density at radius 3 is 2.89 bits per heavy atom. The molecule has 0 aliphatic carbocycles.